The molecule has 0 aromatic heterocycles. The molecule has 0 bridgehead atoms. The molecule has 2 fully saturated rings. The molecule has 0 spiro atoms. The van der Waals surface area contributed by atoms with Gasteiger partial charge in [-0.25, -0.2) is 8.42 Å². The van der Waals surface area contributed by atoms with E-state index in [4.69, 9.17) is 16.3 Å². The third-order valence-electron chi connectivity index (χ3n) is 6.41. The fourth-order valence-electron chi connectivity index (χ4n) is 4.61. The number of carbonyl (C=O) groups excluding carboxylic acids is 1. The number of carbonyl (C=O) groups is 1. The van der Waals surface area contributed by atoms with E-state index in [1.807, 2.05) is 24.3 Å². The van der Waals surface area contributed by atoms with Gasteiger partial charge in [0, 0.05) is 30.2 Å². The molecule has 2 aromatic carbocycles. The van der Waals surface area contributed by atoms with E-state index in [1.165, 1.54) is 17.5 Å². The highest BCUT2D eigenvalue weighted by Crippen LogP contribution is 2.31. The maximum atomic E-state index is 13.1. The molecule has 1 amide bonds. The number of rotatable bonds is 8. The molecule has 1 atom stereocenters. The number of nitrogens with one attached hydrogen (secondary N) is 1. The Kier molecular flexibility index (Phi) is 7.58. The monoisotopic (exact) mass is 491 g/mol. The van der Waals surface area contributed by atoms with Crippen LogP contribution in [0.4, 0.5) is 0 Å². The lowest BCUT2D eigenvalue weighted by Gasteiger charge is -2.29. The first-order chi connectivity index (χ1) is 15.9. The largest absolute Gasteiger partial charge is 0.495 e. The van der Waals surface area contributed by atoms with E-state index in [0.29, 0.717) is 24.7 Å². The van der Waals surface area contributed by atoms with Crippen LogP contribution in [0.2, 0.25) is 5.02 Å². The topological polar surface area (TPSA) is 79.0 Å². The van der Waals surface area contributed by atoms with Crippen molar-refractivity contribution in [2.45, 2.75) is 36.6 Å². The molecule has 2 saturated heterocycles. The molecule has 9 heteroatoms. The first-order valence-corrected chi connectivity index (χ1v) is 13.2. The van der Waals surface area contributed by atoms with E-state index >= 15 is 0 Å². The smallest absolute Gasteiger partial charge is 0.251 e. The number of benzene rings is 2. The normalized spacial score (nSPS) is 18.4. The maximum absolute atomic E-state index is 13.1. The Bertz CT molecular complexity index is 1100. The van der Waals surface area contributed by atoms with Gasteiger partial charge in [0.1, 0.15) is 10.6 Å². The quantitative estimate of drug-likeness (QED) is 0.609. The van der Waals surface area contributed by atoms with Gasteiger partial charge in [-0.05, 0) is 68.6 Å². The van der Waals surface area contributed by atoms with Crippen molar-refractivity contribution in [2.75, 3.05) is 39.8 Å². The number of methoxy groups -OCH3 is 1. The Balaban J connectivity index is 1.55. The van der Waals surface area contributed by atoms with E-state index in [9.17, 15) is 13.2 Å². The van der Waals surface area contributed by atoms with Crippen molar-refractivity contribution < 1.29 is 17.9 Å². The summed E-state index contributed by atoms with van der Waals surface area (Å²) >= 11 is 6.47. The summed E-state index contributed by atoms with van der Waals surface area (Å²) in [5, 5.41) is 3.67. The van der Waals surface area contributed by atoms with Crippen molar-refractivity contribution in [3.63, 3.8) is 0 Å². The average Bonchev–Trinajstić information content (AvgIpc) is 3.55. The van der Waals surface area contributed by atoms with E-state index in [2.05, 4.69) is 10.2 Å². The number of amides is 1. The summed E-state index contributed by atoms with van der Waals surface area (Å²) in [6.07, 6.45) is 3.90. The van der Waals surface area contributed by atoms with Gasteiger partial charge in [-0.15, -0.1) is 0 Å². The van der Waals surface area contributed by atoms with E-state index in [-0.39, 0.29) is 28.2 Å². The Morgan fingerprint density at radius 1 is 1.06 bits per heavy atom. The van der Waals surface area contributed by atoms with Crippen LogP contribution in [0.3, 0.4) is 0 Å². The van der Waals surface area contributed by atoms with Gasteiger partial charge < -0.3 is 10.1 Å². The van der Waals surface area contributed by atoms with Crippen LogP contribution in [0.1, 0.15) is 47.6 Å². The molecule has 7 nitrogen and oxygen atoms in total. The second-order valence-electron chi connectivity index (χ2n) is 8.47. The van der Waals surface area contributed by atoms with Crippen LogP contribution in [0, 0.1) is 0 Å². The Labute approximate surface area is 200 Å². The standard InChI is InChI=1S/C24H30ClN3O4S/c1-32-22-11-10-18(16-23(22)33(30,31)28-14-6-7-15-28)24(29)26-17-21(27-12-4-5-13-27)19-8-2-3-9-20(19)25/h2-3,8-11,16,21H,4-7,12-15,17H2,1H3,(H,26,29)/t21-/m1/s1. The molecule has 2 aliphatic rings. The summed E-state index contributed by atoms with van der Waals surface area (Å²) in [6, 6.07) is 12.2. The summed E-state index contributed by atoms with van der Waals surface area (Å²) in [6.45, 7) is 3.25. The average molecular weight is 492 g/mol. The zero-order valence-electron chi connectivity index (χ0n) is 18.8. The lowest BCUT2D eigenvalue weighted by atomic mass is 10.0. The summed E-state index contributed by atoms with van der Waals surface area (Å²) in [7, 11) is -2.29. The lowest BCUT2D eigenvalue weighted by Crippen LogP contribution is -2.37. The minimum atomic E-state index is -3.73. The van der Waals surface area contributed by atoms with Gasteiger partial charge in [0.25, 0.3) is 5.91 Å². The van der Waals surface area contributed by atoms with Crippen LogP contribution in [0.25, 0.3) is 0 Å². The van der Waals surface area contributed by atoms with Crippen LogP contribution < -0.4 is 10.1 Å². The number of likely N-dealkylation sites (tertiary alicyclic amines) is 1. The molecule has 0 saturated carbocycles. The van der Waals surface area contributed by atoms with Crippen molar-refractivity contribution in [2.24, 2.45) is 0 Å². The van der Waals surface area contributed by atoms with Crippen molar-refractivity contribution in [1.29, 1.82) is 0 Å². The van der Waals surface area contributed by atoms with Crippen LogP contribution in [-0.2, 0) is 10.0 Å². The Morgan fingerprint density at radius 3 is 2.39 bits per heavy atom. The van der Waals surface area contributed by atoms with Gasteiger partial charge in [0.15, 0.2) is 0 Å². The zero-order valence-corrected chi connectivity index (χ0v) is 20.4. The molecule has 0 aliphatic carbocycles. The minimum absolute atomic E-state index is 0.0294. The van der Waals surface area contributed by atoms with Crippen molar-refractivity contribution in [1.82, 2.24) is 14.5 Å². The van der Waals surface area contributed by atoms with Gasteiger partial charge in [-0.3, -0.25) is 9.69 Å². The molecule has 2 aromatic rings. The van der Waals surface area contributed by atoms with Gasteiger partial charge in [-0.1, -0.05) is 29.8 Å². The Hall–Kier alpha value is -2.13. The van der Waals surface area contributed by atoms with Gasteiger partial charge >= 0.3 is 0 Å². The highest BCUT2D eigenvalue weighted by molar-refractivity contribution is 7.89. The number of ether oxygens (including phenoxy) is 1. The molecular weight excluding hydrogens is 462 g/mol. The van der Waals surface area contributed by atoms with Gasteiger partial charge in [0.05, 0.1) is 13.2 Å². The molecule has 1 N–H and O–H groups in total. The van der Waals surface area contributed by atoms with Crippen LogP contribution >= 0.6 is 11.6 Å². The molecular formula is C24H30ClN3O4S. The Morgan fingerprint density at radius 2 is 1.73 bits per heavy atom. The second kappa shape index (κ2) is 10.4. The molecule has 4 rings (SSSR count). The fraction of sp³-hybridized carbons (Fsp3) is 0.458. The minimum Gasteiger partial charge on any atom is -0.495 e. The predicted octanol–water partition coefficient (Wildman–Crippen LogP) is 3.70. The lowest BCUT2D eigenvalue weighted by molar-refractivity contribution is 0.0937. The predicted molar refractivity (Wildman–Crippen MR) is 128 cm³/mol. The third kappa shape index (κ3) is 5.19. The number of halogens is 1. The zero-order chi connectivity index (χ0) is 23.4. The first kappa shape index (κ1) is 24.0. The summed E-state index contributed by atoms with van der Waals surface area (Å²) in [5.41, 5.74) is 1.27. The molecule has 0 unspecified atom stereocenters. The number of hydrogen-bond donors (Lipinski definition) is 1. The van der Waals surface area contributed by atoms with Crippen LogP contribution in [-0.4, -0.2) is 63.4 Å². The highest BCUT2D eigenvalue weighted by atomic mass is 35.5. The third-order valence-corrected chi connectivity index (χ3v) is 8.67. The second-order valence-corrected chi connectivity index (χ2v) is 10.8. The first-order valence-electron chi connectivity index (χ1n) is 11.4. The van der Waals surface area contributed by atoms with Crippen molar-refractivity contribution in [3.05, 3.63) is 58.6 Å². The molecule has 2 heterocycles. The van der Waals surface area contributed by atoms with Gasteiger partial charge in [0.2, 0.25) is 10.0 Å². The summed E-state index contributed by atoms with van der Waals surface area (Å²) < 4.78 is 33.0. The van der Waals surface area contributed by atoms with Gasteiger partial charge in [-0.2, -0.15) is 4.31 Å². The van der Waals surface area contributed by atoms with E-state index in [1.54, 1.807) is 12.1 Å². The van der Waals surface area contributed by atoms with Crippen molar-refractivity contribution in [3.8, 4) is 5.75 Å². The maximum Gasteiger partial charge on any atom is 0.251 e. The number of sulfonamides is 1. The summed E-state index contributed by atoms with van der Waals surface area (Å²) in [4.78, 5) is 15.4. The van der Waals surface area contributed by atoms with E-state index in [0.717, 1.165) is 44.3 Å². The van der Waals surface area contributed by atoms with Crippen molar-refractivity contribution >= 4 is 27.5 Å². The summed E-state index contributed by atoms with van der Waals surface area (Å²) in [5.74, 6) is -0.0868. The SMILES string of the molecule is COc1ccc(C(=O)NC[C@H](c2ccccc2Cl)N2CCCC2)cc1S(=O)(=O)N1CCCC1. The number of nitrogens with zero attached hydrogens (tertiary/aromatic N) is 2. The van der Waals surface area contributed by atoms with Crippen LogP contribution in [0.15, 0.2) is 47.4 Å². The molecule has 33 heavy (non-hydrogen) atoms. The molecule has 0 radical (unpaired) electrons. The van der Waals surface area contributed by atoms with Crippen LogP contribution in [0.5, 0.6) is 5.75 Å². The van der Waals surface area contributed by atoms with E-state index < -0.39 is 10.0 Å². The number of hydrogen-bond acceptors (Lipinski definition) is 5. The fourth-order valence-corrected chi connectivity index (χ4v) is 6.57. The molecule has 2 aliphatic heterocycles. The molecule has 178 valence electrons. The highest BCUT2D eigenvalue weighted by Gasteiger charge is 2.31.